The highest BCUT2D eigenvalue weighted by atomic mass is 16.5. The molecule has 1 aliphatic carbocycles. The second-order valence-corrected chi connectivity index (χ2v) is 8.43. The molecule has 0 aromatic heterocycles. The predicted molar refractivity (Wildman–Crippen MR) is 115 cm³/mol. The average molecular weight is 384 g/mol. The first kappa shape index (κ1) is 20.7. The van der Waals surface area contributed by atoms with Crippen LogP contribution in [0.15, 0.2) is 36.4 Å². The van der Waals surface area contributed by atoms with Crippen LogP contribution >= 0.6 is 0 Å². The minimum Gasteiger partial charge on any atom is -0.493 e. The van der Waals surface area contributed by atoms with Crippen molar-refractivity contribution in [2.75, 3.05) is 18.5 Å². The van der Waals surface area contributed by atoms with E-state index in [-0.39, 0.29) is 5.91 Å². The Hall–Kier alpha value is -2.07. The van der Waals surface area contributed by atoms with E-state index in [0.717, 1.165) is 47.9 Å². The van der Waals surface area contributed by atoms with Gasteiger partial charge in [-0.15, -0.1) is 0 Å². The van der Waals surface area contributed by atoms with E-state index in [0.29, 0.717) is 25.0 Å². The van der Waals surface area contributed by atoms with Crippen LogP contribution < -0.4 is 10.1 Å². The highest BCUT2D eigenvalue weighted by molar-refractivity contribution is 6.06. The molecule has 0 bridgehead atoms. The Morgan fingerprint density at radius 1 is 1.14 bits per heavy atom. The lowest BCUT2D eigenvalue weighted by Gasteiger charge is -2.37. The predicted octanol–water partition coefficient (Wildman–Crippen LogP) is 5.80. The Kier molecular flexibility index (Phi) is 6.61. The molecule has 1 aliphatic rings. The number of nitrogens with one attached hydrogen (secondary N) is 1. The molecule has 0 unspecified atom stereocenters. The molecule has 0 atom stereocenters. The van der Waals surface area contributed by atoms with Gasteiger partial charge in [-0.05, 0) is 56.6 Å². The number of carbonyl (C=O) groups is 1. The summed E-state index contributed by atoms with van der Waals surface area (Å²) in [4.78, 5) is 13.3. The Morgan fingerprint density at radius 2 is 1.82 bits per heavy atom. The number of anilines is 1. The van der Waals surface area contributed by atoms with Crippen LogP contribution in [0.25, 0.3) is 10.8 Å². The molecule has 3 rings (SSSR count). The topological polar surface area (TPSA) is 47.6 Å². The van der Waals surface area contributed by atoms with Crippen LogP contribution in [0.1, 0.15) is 53.4 Å². The maximum atomic E-state index is 13.3. The first-order valence-electron chi connectivity index (χ1n) is 10.5. The molecule has 0 saturated heterocycles. The van der Waals surface area contributed by atoms with Crippen molar-refractivity contribution in [2.24, 2.45) is 11.8 Å². The highest BCUT2D eigenvalue weighted by Gasteiger charge is 2.42. The van der Waals surface area contributed by atoms with Crippen LogP contribution in [-0.2, 0) is 9.53 Å². The van der Waals surface area contributed by atoms with Crippen LogP contribution in [0.3, 0.4) is 0 Å². The number of hydrogen-bond acceptors (Lipinski definition) is 3. The van der Waals surface area contributed by atoms with Gasteiger partial charge in [0.25, 0.3) is 5.91 Å². The fourth-order valence-corrected chi connectivity index (χ4v) is 3.94. The van der Waals surface area contributed by atoms with Crippen molar-refractivity contribution >= 4 is 22.4 Å². The molecule has 2 aromatic carbocycles. The zero-order valence-electron chi connectivity index (χ0n) is 17.6. The second kappa shape index (κ2) is 8.95. The fraction of sp³-hybridized carbons (Fsp3) is 0.542. The normalized spacial score (nSPS) is 22.4. The van der Waals surface area contributed by atoms with Crippen LogP contribution in [0.4, 0.5) is 5.69 Å². The zero-order chi connectivity index (χ0) is 20.1. The Balaban J connectivity index is 1.87. The molecule has 4 heteroatoms. The van der Waals surface area contributed by atoms with Crippen LogP contribution in [0.5, 0.6) is 5.75 Å². The van der Waals surface area contributed by atoms with Gasteiger partial charge in [-0.1, -0.05) is 45.0 Å². The summed E-state index contributed by atoms with van der Waals surface area (Å²) in [5.41, 5.74) is 0.102. The van der Waals surface area contributed by atoms with E-state index in [4.69, 9.17) is 9.47 Å². The van der Waals surface area contributed by atoms with Gasteiger partial charge in [0.1, 0.15) is 11.4 Å². The van der Waals surface area contributed by atoms with E-state index in [1.807, 2.05) is 43.3 Å². The molecule has 0 radical (unpaired) electrons. The summed E-state index contributed by atoms with van der Waals surface area (Å²) in [5, 5.41) is 5.18. The molecular weight excluding hydrogens is 350 g/mol. The molecular formula is C24H33NO3. The molecule has 1 amide bonds. The lowest BCUT2D eigenvalue weighted by atomic mass is 9.78. The molecule has 2 aromatic rings. The van der Waals surface area contributed by atoms with Crippen molar-refractivity contribution in [2.45, 2.75) is 59.0 Å². The summed E-state index contributed by atoms with van der Waals surface area (Å²) in [6.07, 6.45) is 3.61. The summed E-state index contributed by atoms with van der Waals surface area (Å²) in [7, 11) is 0. The molecule has 0 spiro atoms. The molecule has 1 fully saturated rings. The van der Waals surface area contributed by atoms with E-state index in [2.05, 4.69) is 26.1 Å². The number of benzene rings is 2. The molecule has 28 heavy (non-hydrogen) atoms. The van der Waals surface area contributed by atoms with Gasteiger partial charge in [-0.2, -0.15) is 0 Å². The standard InChI is InChI=1S/C24H33NO3/c1-5-28-24(14-12-18(4)13-15-24)23(26)25-21-10-11-22(27-16-17(2)3)20-9-7-6-8-19(20)21/h6-11,17-18H,5,12-16H2,1-4H3,(H,25,26). The zero-order valence-corrected chi connectivity index (χ0v) is 17.6. The molecule has 152 valence electrons. The summed E-state index contributed by atoms with van der Waals surface area (Å²) in [6.45, 7) is 9.69. The monoisotopic (exact) mass is 383 g/mol. The quantitative estimate of drug-likeness (QED) is 0.657. The van der Waals surface area contributed by atoms with Crippen molar-refractivity contribution < 1.29 is 14.3 Å². The summed E-state index contributed by atoms with van der Waals surface area (Å²) in [5.74, 6) is 1.94. The molecule has 0 aliphatic heterocycles. The van der Waals surface area contributed by atoms with Gasteiger partial charge in [0.15, 0.2) is 0 Å². The first-order chi connectivity index (χ1) is 13.4. The van der Waals surface area contributed by atoms with Gasteiger partial charge in [0.05, 0.1) is 6.61 Å². The molecule has 1 saturated carbocycles. The molecule has 4 nitrogen and oxygen atoms in total. The van der Waals surface area contributed by atoms with Crippen molar-refractivity contribution in [3.8, 4) is 5.75 Å². The maximum Gasteiger partial charge on any atom is 0.256 e. The summed E-state index contributed by atoms with van der Waals surface area (Å²) >= 11 is 0. The van der Waals surface area contributed by atoms with E-state index < -0.39 is 5.60 Å². The van der Waals surface area contributed by atoms with Gasteiger partial charge >= 0.3 is 0 Å². The van der Waals surface area contributed by atoms with Gasteiger partial charge in [-0.25, -0.2) is 0 Å². The second-order valence-electron chi connectivity index (χ2n) is 8.43. The lowest BCUT2D eigenvalue weighted by molar-refractivity contribution is -0.146. The van der Waals surface area contributed by atoms with E-state index >= 15 is 0 Å². The Bertz CT molecular complexity index is 807. The largest absolute Gasteiger partial charge is 0.493 e. The smallest absolute Gasteiger partial charge is 0.256 e. The van der Waals surface area contributed by atoms with E-state index in [9.17, 15) is 4.79 Å². The van der Waals surface area contributed by atoms with Gasteiger partial charge in [0.2, 0.25) is 0 Å². The van der Waals surface area contributed by atoms with Gasteiger partial charge < -0.3 is 14.8 Å². The number of rotatable bonds is 7. The third kappa shape index (κ3) is 4.49. The minimum absolute atomic E-state index is 0.0257. The first-order valence-corrected chi connectivity index (χ1v) is 10.5. The SMILES string of the molecule is CCOC1(C(=O)Nc2ccc(OCC(C)C)c3ccccc23)CCC(C)CC1. The van der Waals surface area contributed by atoms with Gasteiger partial charge in [-0.3, -0.25) is 4.79 Å². The van der Waals surface area contributed by atoms with Crippen LogP contribution in [0.2, 0.25) is 0 Å². The van der Waals surface area contributed by atoms with E-state index in [1.54, 1.807) is 0 Å². The van der Waals surface area contributed by atoms with E-state index in [1.165, 1.54) is 0 Å². The molecule has 1 N–H and O–H groups in total. The molecule has 0 heterocycles. The van der Waals surface area contributed by atoms with Crippen molar-refractivity contribution in [3.63, 3.8) is 0 Å². The third-order valence-electron chi connectivity index (χ3n) is 5.62. The number of amides is 1. The van der Waals surface area contributed by atoms with Crippen LogP contribution in [0, 0.1) is 11.8 Å². The lowest BCUT2D eigenvalue weighted by Crippen LogP contribution is -2.48. The van der Waals surface area contributed by atoms with Crippen molar-refractivity contribution in [1.29, 1.82) is 0 Å². The van der Waals surface area contributed by atoms with Crippen LogP contribution in [-0.4, -0.2) is 24.7 Å². The number of carbonyl (C=O) groups excluding carboxylic acids is 1. The highest BCUT2D eigenvalue weighted by Crippen LogP contribution is 2.37. The maximum absolute atomic E-state index is 13.3. The number of hydrogen-bond donors (Lipinski definition) is 1. The van der Waals surface area contributed by atoms with Crippen molar-refractivity contribution in [3.05, 3.63) is 36.4 Å². The third-order valence-corrected chi connectivity index (χ3v) is 5.62. The number of fused-ring (bicyclic) bond motifs is 1. The fourth-order valence-electron chi connectivity index (χ4n) is 3.94. The Morgan fingerprint density at radius 3 is 2.46 bits per heavy atom. The van der Waals surface area contributed by atoms with Crippen molar-refractivity contribution in [1.82, 2.24) is 0 Å². The average Bonchev–Trinajstić information content (AvgIpc) is 2.69. The minimum atomic E-state index is -0.713. The summed E-state index contributed by atoms with van der Waals surface area (Å²) in [6, 6.07) is 12.0. The number of ether oxygens (including phenoxy) is 2. The Labute approximate surface area is 168 Å². The van der Waals surface area contributed by atoms with Gasteiger partial charge in [0, 0.05) is 23.1 Å². The summed E-state index contributed by atoms with van der Waals surface area (Å²) < 4.78 is 12.0.